The second-order valence-corrected chi connectivity index (χ2v) is 9.87. The molecule has 2 N–H and O–H groups in total. The van der Waals surface area contributed by atoms with Crippen LogP contribution in [0.4, 0.5) is 10.5 Å². The third-order valence-electron chi connectivity index (χ3n) is 5.89. The van der Waals surface area contributed by atoms with Gasteiger partial charge in [-0.3, -0.25) is 14.2 Å². The topological polar surface area (TPSA) is 101 Å². The SMILES string of the molecule is CC(C)C1CC(Oc2ccn(-c3ccc(NC(=O)C(C)(C)C)cc3)c(=O)c2)CCN1C(=O)O. The fourth-order valence-electron chi connectivity index (χ4n) is 3.90. The Morgan fingerprint density at radius 1 is 1.15 bits per heavy atom. The number of anilines is 1. The number of carbonyl (C=O) groups is 2. The van der Waals surface area contributed by atoms with Crippen LogP contribution in [0.15, 0.2) is 47.4 Å². The van der Waals surface area contributed by atoms with Crippen molar-refractivity contribution in [1.82, 2.24) is 9.47 Å². The first-order valence-electron chi connectivity index (χ1n) is 11.3. The summed E-state index contributed by atoms with van der Waals surface area (Å²) < 4.78 is 7.56. The summed E-state index contributed by atoms with van der Waals surface area (Å²) in [4.78, 5) is 37.8. The quantitative estimate of drug-likeness (QED) is 0.697. The van der Waals surface area contributed by atoms with Crippen LogP contribution in [0.3, 0.4) is 0 Å². The highest BCUT2D eigenvalue weighted by Crippen LogP contribution is 2.27. The number of amides is 2. The first-order chi connectivity index (χ1) is 15.5. The second-order valence-electron chi connectivity index (χ2n) is 9.87. The van der Waals surface area contributed by atoms with Crippen LogP contribution >= 0.6 is 0 Å². The molecule has 1 aromatic carbocycles. The van der Waals surface area contributed by atoms with E-state index < -0.39 is 11.5 Å². The lowest BCUT2D eigenvalue weighted by Gasteiger charge is -2.39. The molecule has 0 aliphatic carbocycles. The average molecular weight is 456 g/mol. The monoisotopic (exact) mass is 455 g/mol. The maximum Gasteiger partial charge on any atom is 0.407 e. The number of likely N-dealkylation sites (tertiary alicyclic amines) is 1. The fourth-order valence-corrected chi connectivity index (χ4v) is 3.90. The van der Waals surface area contributed by atoms with Crippen molar-refractivity contribution in [2.45, 2.75) is 59.6 Å². The Labute approximate surface area is 194 Å². The molecule has 2 unspecified atom stereocenters. The summed E-state index contributed by atoms with van der Waals surface area (Å²) in [6.07, 6.45) is 1.79. The number of ether oxygens (including phenoxy) is 1. The zero-order valence-corrected chi connectivity index (χ0v) is 19.9. The van der Waals surface area contributed by atoms with E-state index in [1.165, 1.54) is 15.5 Å². The van der Waals surface area contributed by atoms with Crippen molar-refractivity contribution in [3.8, 4) is 11.4 Å². The number of piperidine rings is 1. The van der Waals surface area contributed by atoms with Crippen LogP contribution in [0, 0.1) is 11.3 Å². The average Bonchev–Trinajstić information content (AvgIpc) is 2.73. The third-order valence-corrected chi connectivity index (χ3v) is 5.89. The van der Waals surface area contributed by atoms with Gasteiger partial charge in [0.15, 0.2) is 0 Å². The van der Waals surface area contributed by atoms with Gasteiger partial charge in [-0.05, 0) is 36.2 Å². The highest BCUT2D eigenvalue weighted by atomic mass is 16.5. The van der Waals surface area contributed by atoms with Gasteiger partial charge in [-0.2, -0.15) is 0 Å². The molecular formula is C25H33N3O5. The Hall–Kier alpha value is -3.29. The van der Waals surface area contributed by atoms with Gasteiger partial charge in [-0.25, -0.2) is 4.79 Å². The van der Waals surface area contributed by atoms with E-state index in [1.54, 1.807) is 36.5 Å². The Balaban J connectivity index is 1.69. The van der Waals surface area contributed by atoms with Gasteiger partial charge in [0.1, 0.15) is 11.9 Å². The number of benzene rings is 1. The van der Waals surface area contributed by atoms with Crippen LogP contribution < -0.4 is 15.6 Å². The number of hydrogen-bond acceptors (Lipinski definition) is 4. The minimum absolute atomic E-state index is 0.0807. The van der Waals surface area contributed by atoms with Crippen LogP contribution in [-0.2, 0) is 4.79 Å². The van der Waals surface area contributed by atoms with Crippen molar-refractivity contribution in [3.63, 3.8) is 0 Å². The van der Waals surface area contributed by atoms with Gasteiger partial charge in [-0.1, -0.05) is 34.6 Å². The maximum absolute atomic E-state index is 12.7. The first-order valence-corrected chi connectivity index (χ1v) is 11.3. The largest absolute Gasteiger partial charge is 0.490 e. The Morgan fingerprint density at radius 3 is 2.36 bits per heavy atom. The lowest BCUT2D eigenvalue weighted by Crippen LogP contribution is -2.50. The third kappa shape index (κ3) is 5.94. The Morgan fingerprint density at radius 2 is 1.82 bits per heavy atom. The molecular weight excluding hydrogens is 422 g/mol. The summed E-state index contributed by atoms with van der Waals surface area (Å²) in [5, 5.41) is 12.3. The van der Waals surface area contributed by atoms with Crippen molar-refractivity contribution in [3.05, 3.63) is 52.9 Å². The minimum Gasteiger partial charge on any atom is -0.490 e. The zero-order chi connectivity index (χ0) is 24.3. The zero-order valence-electron chi connectivity index (χ0n) is 19.9. The fraction of sp³-hybridized carbons (Fsp3) is 0.480. The number of carboxylic acid groups (broad SMARTS) is 1. The number of aromatic nitrogens is 1. The lowest BCUT2D eigenvalue weighted by molar-refractivity contribution is -0.123. The van der Waals surface area contributed by atoms with Crippen LogP contribution in [0.5, 0.6) is 5.75 Å². The van der Waals surface area contributed by atoms with E-state index in [1.807, 2.05) is 34.6 Å². The number of nitrogens with one attached hydrogen (secondary N) is 1. The molecule has 2 amide bonds. The lowest BCUT2D eigenvalue weighted by atomic mass is 9.91. The van der Waals surface area contributed by atoms with Gasteiger partial charge in [0, 0.05) is 54.5 Å². The molecule has 33 heavy (non-hydrogen) atoms. The number of pyridine rings is 1. The highest BCUT2D eigenvalue weighted by molar-refractivity contribution is 5.94. The summed E-state index contributed by atoms with van der Waals surface area (Å²) in [6.45, 7) is 9.96. The van der Waals surface area contributed by atoms with Gasteiger partial charge in [0.25, 0.3) is 5.56 Å². The number of nitrogens with zero attached hydrogens (tertiary/aromatic N) is 2. The standard InChI is InChI=1S/C25H33N3O5/c1-16(2)21-14-19(11-13-28(21)24(31)32)33-20-10-12-27(22(29)15-20)18-8-6-17(7-9-18)26-23(30)25(3,4)5/h6-10,12,15-16,19,21H,11,13-14H2,1-5H3,(H,26,30)(H,31,32). The molecule has 2 aromatic rings. The molecule has 0 spiro atoms. The smallest absolute Gasteiger partial charge is 0.407 e. The summed E-state index contributed by atoms with van der Waals surface area (Å²) in [5.41, 5.74) is 0.613. The van der Waals surface area contributed by atoms with E-state index >= 15 is 0 Å². The van der Waals surface area contributed by atoms with Crippen molar-refractivity contribution in [2.75, 3.05) is 11.9 Å². The van der Waals surface area contributed by atoms with Gasteiger partial charge in [0.05, 0.1) is 0 Å². The van der Waals surface area contributed by atoms with E-state index in [4.69, 9.17) is 4.74 Å². The predicted molar refractivity (Wildman–Crippen MR) is 127 cm³/mol. The van der Waals surface area contributed by atoms with Gasteiger partial charge >= 0.3 is 6.09 Å². The predicted octanol–water partition coefficient (Wildman–Crippen LogP) is 4.37. The minimum atomic E-state index is -0.904. The van der Waals surface area contributed by atoms with Crippen LogP contribution in [0.1, 0.15) is 47.5 Å². The summed E-state index contributed by atoms with van der Waals surface area (Å²) in [6, 6.07) is 10.1. The first kappa shape index (κ1) is 24.4. The molecule has 0 bridgehead atoms. The number of hydrogen-bond donors (Lipinski definition) is 2. The Bertz CT molecular complexity index is 1050. The van der Waals surface area contributed by atoms with Gasteiger partial charge in [-0.15, -0.1) is 0 Å². The summed E-state index contributed by atoms with van der Waals surface area (Å²) >= 11 is 0. The number of rotatable bonds is 5. The van der Waals surface area contributed by atoms with Crippen molar-refractivity contribution in [1.29, 1.82) is 0 Å². The molecule has 1 aliphatic rings. The van der Waals surface area contributed by atoms with Crippen molar-refractivity contribution >= 4 is 17.7 Å². The molecule has 1 aromatic heterocycles. The molecule has 3 rings (SSSR count). The number of carbonyl (C=O) groups excluding carboxylic acids is 1. The molecule has 1 saturated heterocycles. The molecule has 0 radical (unpaired) electrons. The summed E-state index contributed by atoms with van der Waals surface area (Å²) in [5.74, 6) is 0.570. The molecule has 1 fully saturated rings. The summed E-state index contributed by atoms with van der Waals surface area (Å²) in [7, 11) is 0. The van der Waals surface area contributed by atoms with Crippen LogP contribution in [0.25, 0.3) is 5.69 Å². The normalized spacial score (nSPS) is 18.8. The highest BCUT2D eigenvalue weighted by Gasteiger charge is 2.34. The second kappa shape index (κ2) is 9.68. The molecule has 0 saturated carbocycles. The maximum atomic E-state index is 12.7. The van der Waals surface area contributed by atoms with Crippen molar-refractivity contribution in [2.24, 2.45) is 11.3 Å². The molecule has 8 nitrogen and oxygen atoms in total. The van der Waals surface area contributed by atoms with Crippen molar-refractivity contribution < 1.29 is 19.4 Å². The molecule has 2 atom stereocenters. The van der Waals surface area contributed by atoms with Gasteiger partial charge < -0.3 is 20.1 Å². The van der Waals surface area contributed by atoms with Gasteiger partial charge in [0.2, 0.25) is 5.91 Å². The van der Waals surface area contributed by atoms with E-state index in [2.05, 4.69) is 5.32 Å². The van der Waals surface area contributed by atoms with Crippen LogP contribution in [-0.4, -0.2) is 45.3 Å². The van der Waals surface area contributed by atoms with E-state index in [9.17, 15) is 19.5 Å². The van der Waals surface area contributed by atoms with E-state index in [-0.39, 0.29) is 29.5 Å². The van der Waals surface area contributed by atoms with Crippen LogP contribution in [0.2, 0.25) is 0 Å². The molecule has 1 aliphatic heterocycles. The molecule has 2 heterocycles. The Kier molecular flexibility index (Phi) is 7.15. The molecule has 178 valence electrons. The van der Waals surface area contributed by atoms with E-state index in [0.29, 0.717) is 36.5 Å². The molecule has 8 heteroatoms. The van der Waals surface area contributed by atoms with E-state index in [0.717, 1.165) is 0 Å².